The molecule has 1 aromatic carbocycles. The molecule has 1 saturated heterocycles. The third-order valence-electron chi connectivity index (χ3n) is 5.86. The Morgan fingerprint density at radius 3 is 2.54 bits per heavy atom. The quantitative estimate of drug-likeness (QED) is 0.677. The number of ether oxygens (including phenoxy) is 1. The van der Waals surface area contributed by atoms with E-state index in [0.29, 0.717) is 18.9 Å². The number of benzene rings is 1. The Labute approximate surface area is 168 Å². The summed E-state index contributed by atoms with van der Waals surface area (Å²) in [4.78, 5) is 26.7. The number of aryl methyl sites for hydroxylation is 2. The number of hydrogen-bond donors (Lipinski definition) is 2. The largest absolute Gasteiger partial charge is 0.379 e. The number of nitrogens with one attached hydrogen (secondary N) is 2. The second kappa shape index (κ2) is 10.0. The van der Waals surface area contributed by atoms with Crippen LogP contribution >= 0.6 is 0 Å². The molecular weight excluding hydrogens is 354 g/mol. The lowest BCUT2D eigenvalue weighted by Crippen LogP contribution is -2.43. The number of rotatable bonds is 9. The van der Waals surface area contributed by atoms with Crippen molar-refractivity contribution >= 4 is 11.8 Å². The fourth-order valence-corrected chi connectivity index (χ4v) is 3.74. The normalized spacial score (nSPS) is 18.5. The summed E-state index contributed by atoms with van der Waals surface area (Å²) in [5, 5.41) is 5.68. The molecule has 1 aromatic rings. The molecule has 0 aromatic heterocycles. The van der Waals surface area contributed by atoms with Gasteiger partial charge in [0, 0.05) is 32.6 Å². The maximum Gasteiger partial charge on any atom is 0.239 e. The van der Waals surface area contributed by atoms with Crippen molar-refractivity contribution in [2.45, 2.75) is 39.0 Å². The number of morpholine rings is 1. The van der Waals surface area contributed by atoms with Gasteiger partial charge >= 0.3 is 0 Å². The molecule has 2 N–H and O–H groups in total. The molecular formula is C22H33N3O3. The van der Waals surface area contributed by atoms with Crippen molar-refractivity contribution in [3.8, 4) is 0 Å². The molecule has 1 aliphatic carbocycles. The van der Waals surface area contributed by atoms with Gasteiger partial charge in [-0.25, -0.2) is 0 Å². The fourth-order valence-electron chi connectivity index (χ4n) is 3.74. The number of hydrogen-bond acceptors (Lipinski definition) is 4. The Balaban J connectivity index is 1.39. The van der Waals surface area contributed by atoms with Crippen LogP contribution in [0.3, 0.4) is 0 Å². The van der Waals surface area contributed by atoms with Crippen molar-refractivity contribution in [3.63, 3.8) is 0 Å². The van der Waals surface area contributed by atoms with Gasteiger partial charge in [-0.2, -0.15) is 0 Å². The lowest BCUT2D eigenvalue weighted by molar-refractivity contribution is -0.126. The van der Waals surface area contributed by atoms with Crippen molar-refractivity contribution in [2.24, 2.45) is 5.92 Å². The number of carbonyl (C=O) groups is 2. The Hall–Kier alpha value is -1.92. The van der Waals surface area contributed by atoms with Crippen molar-refractivity contribution in [3.05, 3.63) is 34.9 Å². The van der Waals surface area contributed by atoms with Gasteiger partial charge in [0.1, 0.15) is 0 Å². The molecule has 28 heavy (non-hydrogen) atoms. The maximum atomic E-state index is 12.4. The van der Waals surface area contributed by atoms with Crippen LogP contribution in [0, 0.1) is 19.8 Å². The molecule has 1 aliphatic heterocycles. The van der Waals surface area contributed by atoms with Gasteiger partial charge in [-0.3, -0.25) is 14.5 Å². The molecule has 1 heterocycles. The van der Waals surface area contributed by atoms with Gasteiger partial charge in [0.2, 0.25) is 11.8 Å². The maximum absolute atomic E-state index is 12.4. The van der Waals surface area contributed by atoms with Crippen LogP contribution in [0.25, 0.3) is 0 Å². The van der Waals surface area contributed by atoms with Crippen molar-refractivity contribution in [1.29, 1.82) is 0 Å². The average Bonchev–Trinajstić information content (AvgIpc) is 3.53. The van der Waals surface area contributed by atoms with E-state index >= 15 is 0 Å². The monoisotopic (exact) mass is 387 g/mol. The molecule has 1 unspecified atom stereocenters. The van der Waals surface area contributed by atoms with Crippen molar-refractivity contribution < 1.29 is 14.3 Å². The van der Waals surface area contributed by atoms with E-state index in [1.54, 1.807) is 0 Å². The SMILES string of the molecule is Cc1ccc(C(CC(=O)NCC(=O)NCCN2CCOCC2)C2CC2)cc1C. The molecule has 0 radical (unpaired) electrons. The van der Waals surface area contributed by atoms with Gasteiger partial charge in [-0.1, -0.05) is 18.2 Å². The summed E-state index contributed by atoms with van der Waals surface area (Å²) in [6.07, 6.45) is 2.83. The third-order valence-corrected chi connectivity index (χ3v) is 5.86. The van der Waals surface area contributed by atoms with Gasteiger partial charge in [-0.05, 0) is 55.2 Å². The Kier molecular flexibility index (Phi) is 7.45. The molecule has 154 valence electrons. The highest BCUT2D eigenvalue weighted by atomic mass is 16.5. The molecule has 6 nitrogen and oxygen atoms in total. The van der Waals surface area contributed by atoms with Crippen LogP contribution in [0.5, 0.6) is 0 Å². The van der Waals surface area contributed by atoms with Crippen LogP contribution < -0.4 is 10.6 Å². The average molecular weight is 388 g/mol. The zero-order chi connectivity index (χ0) is 19.9. The molecule has 3 rings (SSSR count). The second-order valence-corrected chi connectivity index (χ2v) is 8.07. The highest BCUT2D eigenvalue weighted by molar-refractivity contribution is 5.85. The number of nitrogens with zero attached hydrogens (tertiary/aromatic N) is 1. The first-order chi connectivity index (χ1) is 13.5. The van der Waals surface area contributed by atoms with Crippen LogP contribution in [-0.2, 0) is 14.3 Å². The zero-order valence-electron chi connectivity index (χ0n) is 17.1. The van der Waals surface area contributed by atoms with E-state index < -0.39 is 0 Å². The summed E-state index contributed by atoms with van der Waals surface area (Å²) in [6, 6.07) is 6.50. The van der Waals surface area contributed by atoms with Gasteiger partial charge in [0.25, 0.3) is 0 Å². The first kappa shape index (κ1) is 20.8. The van der Waals surface area contributed by atoms with E-state index in [9.17, 15) is 9.59 Å². The summed E-state index contributed by atoms with van der Waals surface area (Å²) in [5.41, 5.74) is 3.79. The molecule has 2 aliphatic rings. The van der Waals surface area contributed by atoms with Gasteiger partial charge in [0.15, 0.2) is 0 Å². The number of carbonyl (C=O) groups excluding carboxylic acids is 2. The standard InChI is InChI=1S/C22H33N3O3/c1-16-3-4-19(13-17(16)2)20(18-5-6-18)14-21(26)24-15-22(27)23-7-8-25-9-11-28-12-10-25/h3-4,13,18,20H,5-12,14-15H2,1-2H3,(H,23,27)(H,24,26). The fraction of sp³-hybridized carbons (Fsp3) is 0.636. The minimum atomic E-state index is -0.129. The predicted octanol–water partition coefficient (Wildman–Crippen LogP) is 1.75. The van der Waals surface area contributed by atoms with Gasteiger partial charge < -0.3 is 15.4 Å². The molecule has 1 atom stereocenters. The molecule has 6 heteroatoms. The first-order valence-electron chi connectivity index (χ1n) is 10.4. The minimum absolute atomic E-state index is 0.0431. The van der Waals surface area contributed by atoms with E-state index in [0.717, 1.165) is 32.8 Å². The Morgan fingerprint density at radius 2 is 1.86 bits per heavy atom. The lowest BCUT2D eigenvalue weighted by Gasteiger charge is -2.26. The first-order valence-corrected chi connectivity index (χ1v) is 10.4. The van der Waals surface area contributed by atoms with Crippen LogP contribution in [0.15, 0.2) is 18.2 Å². The molecule has 2 amide bonds. The third kappa shape index (κ3) is 6.31. The highest BCUT2D eigenvalue weighted by Gasteiger charge is 2.33. The van der Waals surface area contributed by atoms with Crippen LogP contribution in [0.4, 0.5) is 0 Å². The molecule has 2 fully saturated rings. The van der Waals surface area contributed by atoms with E-state index in [1.807, 2.05) is 0 Å². The Morgan fingerprint density at radius 1 is 1.11 bits per heavy atom. The molecule has 1 saturated carbocycles. The summed E-state index contributed by atoms with van der Waals surface area (Å²) >= 11 is 0. The van der Waals surface area contributed by atoms with E-state index in [-0.39, 0.29) is 24.3 Å². The van der Waals surface area contributed by atoms with Crippen LogP contribution in [0.2, 0.25) is 0 Å². The summed E-state index contributed by atoms with van der Waals surface area (Å²) < 4.78 is 5.31. The highest BCUT2D eigenvalue weighted by Crippen LogP contribution is 2.44. The molecule has 0 bridgehead atoms. The lowest BCUT2D eigenvalue weighted by atomic mass is 9.89. The van der Waals surface area contributed by atoms with E-state index in [4.69, 9.17) is 4.74 Å². The minimum Gasteiger partial charge on any atom is -0.379 e. The van der Waals surface area contributed by atoms with E-state index in [1.165, 1.54) is 29.5 Å². The van der Waals surface area contributed by atoms with Crippen molar-refractivity contribution in [1.82, 2.24) is 15.5 Å². The summed E-state index contributed by atoms with van der Waals surface area (Å²) in [7, 11) is 0. The van der Waals surface area contributed by atoms with Gasteiger partial charge in [0.05, 0.1) is 19.8 Å². The second-order valence-electron chi connectivity index (χ2n) is 8.07. The van der Waals surface area contributed by atoms with Crippen LogP contribution in [0.1, 0.15) is 41.9 Å². The Bertz CT molecular complexity index is 682. The predicted molar refractivity (Wildman–Crippen MR) is 109 cm³/mol. The molecule has 0 spiro atoms. The summed E-state index contributed by atoms with van der Waals surface area (Å²) in [5.74, 6) is 0.674. The summed E-state index contributed by atoms with van der Waals surface area (Å²) in [6.45, 7) is 9.02. The van der Waals surface area contributed by atoms with E-state index in [2.05, 4.69) is 47.6 Å². The topological polar surface area (TPSA) is 70.7 Å². The van der Waals surface area contributed by atoms with Gasteiger partial charge in [-0.15, -0.1) is 0 Å². The van der Waals surface area contributed by atoms with Crippen LogP contribution in [-0.4, -0.2) is 62.7 Å². The smallest absolute Gasteiger partial charge is 0.239 e. The van der Waals surface area contributed by atoms with Crippen molar-refractivity contribution in [2.75, 3.05) is 45.9 Å². The zero-order valence-corrected chi connectivity index (χ0v) is 17.1. The number of amides is 2.